The van der Waals surface area contributed by atoms with Crippen molar-refractivity contribution in [2.24, 2.45) is 34.1 Å². The largest absolute Gasteiger partial charge is 0.434 e. The lowest BCUT2D eigenvalue weighted by Crippen LogP contribution is -2.25. The number of likely N-dealkylation sites (tertiary alicyclic amines) is 1. The molecule has 1 fully saturated rings. The Balaban J connectivity index is 0.000000142. The Hall–Kier alpha value is -16.3. The Labute approximate surface area is 794 Å². The zero-order valence-electron chi connectivity index (χ0n) is 74.7. The fourth-order valence-corrected chi connectivity index (χ4v) is 20.2. The Morgan fingerprint density at radius 2 is 0.688 bits per heavy atom. The van der Waals surface area contributed by atoms with E-state index in [1.807, 2.05) is 11.9 Å². The molecule has 1 aliphatic rings. The number of hydrogen-bond donors (Lipinski definition) is 4. The molecule has 1 unspecified atom stereocenters. The van der Waals surface area contributed by atoms with Gasteiger partial charge in [0.25, 0.3) is 23.6 Å². The van der Waals surface area contributed by atoms with Gasteiger partial charge < -0.3 is 45.1 Å². The number of carbonyl (C=O) groups excluding carboxylic acids is 4. The number of ether oxygens (including phenoxy) is 4. The summed E-state index contributed by atoms with van der Waals surface area (Å²) in [6, 6.07) is 28.5. The molecular formula is C88H79F8N25O16S4. The first-order valence-corrected chi connectivity index (χ1v) is 48.2. The SMILES string of the molecule is CC(C)CS(=O)(=O)c1ccc(OC(F)F)c(-c2nn(C)cc2NC(=O)c2cnn3cccnc23)c1.CN1CCC(S(=O)(=O)c2ccc(OC(F)F)c(-c3nn(C)cc3NC(=O)c3cnn4cccnc34)c2)C1.Cn1cc(NC(=O)c2cnn3cccnc23)c(-c2cc(S(=O)(=O)c3ccccc3)ccc2OC(F)F)n1.Cn1cc(NC(=O)c2cnn3cccnc23)c(-c2cc(S(C)(=O)=O)ccc2OC(F)F)n1. The minimum Gasteiger partial charge on any atom is -0.434 e. The van der Waals surface area contributed by atoms with Gasteiger partial charge in [-0.05, 0) is 135 Å². The van der Waals surface area contributed by atoms with Crippen LogP contribution < -0.4 is 40.2 Å². The number of carbonyl (C=O) groups is 4. The van der Waals surface area contributed by atoms with Gasteiger partial charge in [0.2, 0.25) is 9.84 Å². The number of nitrogens with zero attached hydrogens (tertiary/aromatic N) is 21. The molecular weight excluding hydrogens is 1940 g/mol. The standard InChI is InChI=1S/C24H18F2N6O4S.C23H23F2N7O4S.C22H22F2N6O4S.C19H16F2N6O4S/c1-31-14-19(29-23(33)18-13-28-32-11-5-10-27-22(18)32)21(30-31)17-12-16(8-9-20(17)36-24(25)26)37(34,35)15-6-3-2-4-7-15;1-30-9-6-15(12-30)37(34,35)14-4-5-19(36-23(24)25)16(10-14)20-18(13-31(2)29-20)28-22(33)17-11-27-32-8-3-7-26-21(17)32;1-13(2)12-35(32,33)14-5-6-18(34-22(23)24)15(9-14)19-17(11-29(3)28-19)27-21(31)16-10-26-30-8-4-7-25-20(16)30;1-26-10-14(24-18(28)13-9-23-27-7-3-6-22-17(13)27)16(25-26)12-8-11(32(2,29)30)4-5-15(12)31-19(20)21/h2-14,24H,1H3,(H,29,33);3-5,7-8,10-11,13,15,23H,6,9,12H2,1-2H3,(H,28,33);4-11,13,22H,12H2,1-3H3,(H,27,31);3-10,19H,1-2H3,(H,24,28). The van der Waals surface area contributed by atoms with E-state index in [2.05, 4.69) is 101 Å². The van der Waals surface area contributed by atoms with E-state index in [0.717, 1.165) is 30.5 Å². The third kappa shape index (κ3) is 22.4. The number of rotatable bonds is 28. The number of halogens is 8. The Morgan fingerprint density at radius 3 is 0.993 bits per heavy atom. The van der Waals surface area contributed by atoms with Crippen LogP contribution in [0.1, 0.15) is 61.7 Å². The summed E-state index contributed by atoms with van der Waals surface area (Å²) in [5.74, 6) is -3.70. The zero-order valence-corrected chi connectivity index (χ0v) is 78.0. The van der Waals surface area contributed by atoms with Crippen LogP contribution in [0.2, 0.25) is 0 Å². The van der Waals surface area contributed by atoms with Crippen LogP contribution in [-0.4, -0.2) is 224 Å². The van der Waals surface area contributed by atoms with Gasteiger partial charge in [0.1, 0.15) is 68.0 Å². The maximum absolute atomic E-state index is 13.3. The van der Waals surface area contributed by atoms with Crippen molar-refractivity contribution < 1.29 is 107 Å². The maximum Gasteiger partial charge on any atom is 0.387 e. The van der Waals surface area contributed by atoms with Crippen LogP contribution in [0.4, 0.5) is 57.9 Å². The lowest BCUT2D eigenvalue weighted by Gasteiger charge is -2.16. The molecule has 1 saturated heterocycles. The second-order valence-corrected chi connectivity index (χ2v) is 39.7. The summed E-state index contributed by atoms with van der Waals surface area (Å²) >= 11 is 0. The number of alkyl halides is 8. The van der Waals surface area contributed by atoms with E-state index in [4.69, 9.17) is 0 Å². The van der Waals surface area contributed by atoms with Gasteiger partial charge in [0, 0.05) is 138 Å². The average Bonchev–Trinajstić information content (AvgIpc) is 1.68. The summed E-state index contributed by atoms with van der Waals surface area (Å²) < 4.78 is 237. The Bertz CT molecular complexity index is 8100. The number of anilines is 4. The van der Waals surface area contributed by atoms with Crippen molar-refractivity contribution in [1.29, 1.82) is 0 Å². The first kappa shape index (κ1) is 99.2. The smallest absolute Gasteiger partial charge is 0.387 e. The minimum absolute atomic E-state index is 0.00150. The molecule has 13 heterocycles. The van der Waals surface area contributed by atoms with E-state index in [1.165, 1.54) is 172 Å². The lowest BCUT2D eigenvalue weighted by atomic mass is 10.1. The van der Waals surface area contributed by atoms with Gasteiger partial charge in [-0.15, -0.1) is 0 Å². The second kappa shape index (κ2) is 41.2. The van der Waals surface area contributed by atoms with Gasteiger partial charge in [-0.3, -0.25) is 37.9 Å². The first-order chi connectivity index (χ1) is 67.0. The van der Waals surface area contributed by atoms with Gasteiger partial charge in [-0.2, -0.15) is 75.9 Å². The van der Waals surface area contributed by atoms with Crippen molar-refractivity contribution in [2.45, 2.75) is 76.4 Å². The van der Waals surface area contributed by atoms with Crippen molar-refractivity contribution in [3.8, 4) is 68.0 Å². The van der Waals surface area contributed by atoms with E-state index in [0.29, 0.717) is 42.1 Å². The number of aryl methyl sites for hydroxylation is 4. The predicted molar refractivity (Wildman–Crippen MR) is 490 cm³/mol. The Kier molecular flexibility index (Phi) is 29.0. The van der Waals surface area contributed by atoms with E-state index < -0.39 is 94.7 Å². The van der Waals surface area contributed by atoms with Crippen LogP contribution in [0.25, 0.3) is 67.6 Å². The van der Waals surface area contributed by atoms with Crippen LogP contribution in [0.5, 0.6) is 23.0 Å². The molecule has 5 aromatic carbocycles. The van der Waals surface area contributed by atoms with Crippen LogP contribution >= 0.6 is 0 Å². The molecule has 17 aromatic rings. The van der Waals surface area contributed by atoms with Gasteiger partial charge in [0.05, 0.1) is 83.0 Å². The monoisotopic (exact) mass is 2020 g/mol. The van der Waals surface area contributed by atoms with Gasteiger partial charge in [-0.1, -0.05) is 32.0 Å². The number of benzene rings is 5. The molecule has 53 heteroatoms. The summed E-state index contributed by atoms with van der Waals surface area (Å²) in [6.45, 7) is -8.12. The fourth-order valence-electron chi connectivity index (χ4n) is 14.8. The molecule has 0 bridgehead atoms. The van der Waals surface area contributed by atoms with Gasteiger partial charge >= 0.3 is 26.4 Å². The van der Waals surface area contributed by atoms with Crippen LogP contribution in [0, 0.1) is 5.92 Å². The van der Waals surface area contributed by atoms with Crippen molar-refractivity contribution >= 4 is 108 Å². The summed E-state index contributed by atoms with van der Waals surface area (Å²) in [6.07, 6.45) is 25.2. The normalized spacial score (nSPS) is 13.0. The topological polar surface area (TPSA) is 485 Å². The molecule has 0 saturated carbocycles. The molecule has 732 valence electrons. The highest BCUT2D eigenvalue weighted by atomic mass is 32.2. The number of hydrogen-bond acceptors (Lipinski definition) is 29. The summed E-state index contributed by atoms with van der Waals surface area (Å²) in [7, 11) is -7.00. The van der Waals surface area contributed by atoms with E-state index in [9.17, 15) is 88.0 Å². The molecule has 0 radical (unpaired) electrons. The van der Waals surface area contributed by atoms with E-state index in [-0.39, 0.29) is 149 Å². The minimum atomic E-state index is -3.99. The van der Waals surface area contributed by atoms with E-state index >= 15 is 0 Å². The summed E-state index contributed by atoms with van der Waals surface area (Å²) in [5, 5.41) is 43.5. The molecule has 12 aromatic heterocycles. The number of fused-ring (bicyclic) bond motifs is 4. The number of sulfone groups is 4. The van der Waals surface area contributed by atoms with Gasteiger partial charge in [-0.25, -0.2) is 71.7 Å². The van der Waals surface area contributed by atoms with Crippen molar-refractivity contribution in [2.75, 3.05) is 53.4 Å². The molecule has 1 atom stereocenters. The highest BCUT2D eigenvalue weighted by Crippen LogP contribution is 2.44. The third-order valence-electron chi connectivity index (χ3n) is 20.9. The molecule has 4 amide bonds. The number of aromatic nitrogens is 20. The number of amides is 4. The van der Waals surface area contributed by atoms with Crippen LogP contribution in [0.3, 0.4) is 0 Å². The van der Waals surface area contributed by atoms with Crippen LogP contribution in [-0.2, 0) is 67.5 Å². The average molecular weight is 2020 g/mol. The van der Waals surface area contributed by atoms with Crippen molar-refractivity contribution in [1.82, 2.24) is 102 Å². The number of nitrogens with one attached hydrogen (secondary N) is 4. The zero-order chi connectivity index (χ0) is 101. The molecule has 0 spiro atoms. The van der Waals surface area contributed by atoms with Gasteiger partial charge in [0.15, 0.2) is 52.1 Å². The quantitative estimate of drug-likeness (QED) is 0.0331. The highest BCUT2D eigenvalue weighted by molar-refractivity contribution is 7.92. The molecule has 18 rings (SSSR count). The molecule has 141 heavy (non-hydrogen) atoms. The Morgan fingerprint density at radius 1 is 0.390 bits per heavy atom. The van der Waals surface area contributed by atoms with E-state index in [1.54, 1.807) is 109 Å². The van der Waals surface area contributed by atoms with Crippen molar-refractivity contribution in [3.63, 3.8) is 0 Å². The fraction of sp³-hybridized carbons (Fsp3) is 0.205. The molecule has 1 aliphatic heterocycles. The van der Waals surface area contributed by atoms with Crippen molar-refractivity contribution in [3.05, 3.63) is 249 Å². The summed E-state index contributed by atoms with van der Waals surface area (Å²) in [4.78, 5) is 70.2. The third-order valence-corrected chi connectivity index (χ3v) is 28.0. The molecule has 4 N–H and O–H groups in total. The second-order valence-electron chi connectivity index (χ2n) is 31.5. The lowest BCUT2D eigenvalue weighted by molar-refractivity contribution is -0.0501. The predicted octanol–water partition coefficient (Wildman–Crippen LogP) is 12.1. The summed E-state index contributed by atoms with van der Waals surface area (Å²) in [5.41, 5.74) is 2.69. The molecule has 0 aliphatic carbocycles. The first-order valence-electron chi connectivity index (χ1n) is 41.6. The van der Waals surface area contributed by atoms with Crippen LogP contribution in [0.15, 0.2) is 251 Å². The maximum atomic E-state index is 13.3. The highest BCUT2D eigenvalue weighted by Gasteiger charge is 2.36. The molecule has 41 nitrogen and oxygen atoms in total.